The summed E-state index contributed by atoms with van der Waals surface area (Å²) in [7, 11) is 0. The molecule has 1 aromatic heterocycles. The zero-order valence-electron chi connectivity index (χ0n) is 12.4. The Hall–Kier alpha value is -0.850. The van der Waals surface area contributed by atoms with E-state index in [9.17, 15) is 0 Å². The van der Waals surface area contributed by atoms with Crippen LogP contribution in [-0.2, 0) is 6.42 Å². The van der Waals surface area contributed by atoms with Crippen molar-refractivity contribution >= 4 is 58.5 Å². The molecule has 2 heterocycles. The minimum Gasteiger partial charge on any atom is -0.374 e. The molecule has 4 nitrogen and oxygen atoms in total. The Morgan fingerprint density at radius 3 is 2.48 bits per heavy atom. The first-order valence-electron chi connectivity index (χ1n) is 6.96. The predicted octanol–water partition coefficient (Wildman–Crippen LogP) is 3.95. The number of aromatic nitrogens is 2. The predicted molar refractivity (Wildman–Crippen MR) is 103 cm³/mol. The molecule has 0 fully saturated rings. The lowest BCUT2D eigenvalue weighted by Gasteiger charge is -2.26. The van der Waals surface area contributed by atoms with Crippen molar-refractivity contribution < 1.29 is 0 Å². The Bertz CT molecular complexity index is 642. The van der Waals surface area contributed by atoms with Gasteiger partial charge in [0.15, 0.2) is 0 Å². The zero-order chi connectivity index (χ0) is 14.7. The number of hydrogen-bond donors (Lipinski definition) is 1. The fourth-order valence-electron chi connectivity index (χ4n) is 2.46. The molecule has 0 saturated heterocycles. The Labute approximate surface area is 157 Å². The Morgan fingerprint density at radius 1 is 1.17 bits per heavy atom. The van der Waals surface area contributed by atoms with Gasteiger partial charge in [-0.05, 0) is 29.7 Å². The summed E-state index contributed by atoms with van der Waals surface area (Å²) in [6, 6.07) is 8.08. The molecule has 1 aromatic carbocycles. The van der Waals surface area contributed by atoms with Gasteiger partial charge in [-0.25, -0.2) is 0 Å². The van der Waals surface area contributed by atoms with E-state index in [0.717, 1.165) is 42.5 Å². The van der Waals surface area contributed by atoms with Gasteiger partial charge >= 0.3 is 0 Å². The average Bonchev–Trinajstić information content (AvgIpc) is 2.92. The Balaban J connectivity index is 0.00000132. The molecule has 1 aliphatic heterocycles. The first-order valence-corrected chi connectivity index (χ1v) is 8.15. The van der Waals surface area contributed by atoms with Gasteiger partial charge in [0, 0.05) is 31.1 Å². The Kier molecular flexibility index (Phi) is 8.29. The number of nitrogens with zero attached hydrogens (tertiary/aromatic N) is 3. The summed E-state index contributed by atoms with van der Waals surface area (Å²) in [5.74, 6) is 0. The maximum atomic E-state index is 5.93. The van der Waals surface area contributed by atoms with E-state index in [1.165, 1.54) is 22.5 Å². The maximum absolute atomic E-state index is 5.93. The highest BCUT2D eigenvalue weighted by atomic mass is 35.5. The number of hydrogen-bond acceptors (Lipinski definition) is 5. The molecule has 0 spiro atoms. The molecule has 3 rings (SSSR count). The molecule has 2 aromatic rings. The van der Waals surface area contributed by atoms with Crippen LogP contribution in [0.5, 0.6) is 0 Å². The van der Waals surface area contributed by atoms with Crippen molar-refractivity contribution in [3.63, 3.8) is 0 Å². The molecular weight excluding hydrogens is 375 g/mol. The third-order valence-electron chi connectivity index (χ3n) is 3.63. The lowest BCUT2D eigenvalue weighted by atomic mass is 9.99. The van der Waals surface area contributed by atoms with Crippen molar-refractivity contribution in [3.05, 3.63) is 45.9 Å². The van der Waals surface area contributed by atoms with Crippen LogP contribution in [0.2, 0.25) is 5.02 Å². The summed E-state index contributed by atoms with van der Waals surface area (Å²) in [5.41, 5.74) is 8.27. The number of anilines is 1. The summed E-state index contributed by atoms with van der Waals surface area (Å²) in [5, 5.41) is 10.3. The molecular formula is C15H19Cl3N4S. The molecule has 0 unspecified atom stereocenters. The van der Waals surface area contributed by atoms with E-state index in [4.69, 9.17) is 17.3 Å². The number of rotatable bonds is 4. The van der Waals surface area contributed by atoms with Gasteiger partial charge in [-0.3, -0.25) is 4.90 Å². The van der Waals surface area contributed by atoms with Crippen LogP contribution in [0.15, 0.2) is 30.3 Å². The molecule has 126 valence electrons. The molecule has 0 aliphatic carbocycles. The second-order valence-corrected chi connectivity index (χ2v) is 6.60. The normalized spacial score (nSPS) is 14.6. The molecule has 0 saturated carbocycles. The van der Waals surface area contributed by atoms with Crippen molar-refractivity contribution in [1.29, 1.82) is 0 Å². The van der Waals surface area contributed by atoms with Crippen LogP contribution in [-0.4, -0.2) is 34.7 Å². The van der Waals surface area contributed by atoms with E-state index in [2.05, 4.69) is 33.3 Å². The van der Waals surface area contributed by atoms with E-state index in [1.54, 1.807) is 0 Å². The average molecular weight is 394 g/mol. The molecule has 0 amide bonds. The standard InChI is InChI=1S/C15H17ClN4S.2ClH/c16-13-3-1-11(2-4-13)12-5-8-20(9-6-12)10-7-14-18-19-15(17)21-14;;/h1-5H,6-10H2,(H2,17,19);2*1H. The lowest BCUT2D eigenvalue weighted by Crippen LogP contribution is -2.30. The summed E-state index contributed by atoms with van der Waals surface area (Å²) >= 11 is 7.40. The fourth-order valence-corrected chi connectivity index (χ4v) is 3.19. The van der Waals surface area contributed by atoms with E-state index in [-0.39, 0.29) is 24.8 Å². The molecule has 8 heteroatoms. The van der Waals surface area contributed by atoms with Crippen LogP contribution in [0.1, 0.15) is 17.0 Å². The maximum Gasteiger partial charge on any atom is 0.203 e. The first kappa shape index (κ1) is 20.2. The van der Waals surface area contributed by atoms with Crippen molar-refractivity contribution in [2.45, 2.75) is 12.8 Å². The smallest absolute Gasteiger partial charge is 0.203 e. The van der Waals surface area contributed by atoms with E-state index in [0.29, 0.717) is 5.13 Å². The number of nitrogen functional groups attached to an aromatic ring is 1. The van der Waals surface area contributed by atoms with Crippen LogP contribution in [0, 0.1) is 0 Å². The quantitative estimate of drug-likeness (QED) is 0.854. The number of nitrogens with two attached hydrogens (primary N) is 1. The van der Waals surface area contributed by atoms with Crippen LogP contribution in [0.4, 0.5) is 5.13 Å². The second kappa shape index (κ2) is 9.45. The largest absolute Gasteiger partial charge is 0.374 e. The number of benzene rings is 1. The van der Waals surface area contributed by atoms with E-state index < -0.39 is 0 Å². The van der Waals surface area contributed by atoms with Crippen molar-refractivity contribution in [3.8, 4) is 0 Å². The number of halogens is 3. The van der Waals surface area contributed by atoms with Crippen LogP contribution in [0.3, 0.4) is 0 Å². The van der Waals surface area contributed by atoms with Crippen molar-refractivity contribution in [2.24, 2.45) is 0 Å². The zero-order valence-corrected chi connectivity index (χ0v) is 15.6. The first-order chi connectivity index (χ1) is 10.2. The highest BCUT2D eigenvalue weighted by Gasteiger charge is 2.13. The molecule has 23 heavy (non-hydrogen) atoms. The molecule has 2 N–H and O–H groups in total. The summed E-state index contributed by atoms with van der Waals surface area (Å²) in [6.07, 6.45) is 4.29. The minimum atomic E-state index is 0. The third kappa shape index (κ3) is 5.62. The Morgan fingerprint density at radius 2 is 1.91 bits per heavy atom. The monoisotopic (exact) mass is 392 g/mol. The topological polar surface area (TPSA) is 55.0 Å². The highest BCUT2D eigenvalue weighted by Crippen LogP contribution is 2.24. The van der Waals surface area contributed by atoms with Gasteiger partial charge in [0.25, 0.3) is 0 Å². The van der Waals surface area contributed by atoms with E-state index >= 15 is 0 Å². The van der Waals surface area contributed by atoms with Gasteiger partial charge < -0.3 is 5.73 Å². The van der Waals surface area contributed by atoms with Gasteiger partial charge in [0.05, 0.1) is 0 Å². The van der Waals surface area contributed by atoms with Gasteiger partial charge in [-0.15, -0.1) is 35.0 Å². The van der Waals surface area contributed by atoms with Gasteiger partial charge in [0.2, 0.25) is 5.13 Å². The third-order valence-corrected chi connectivity index (χ3v) is 4.70. The van der Waals surface area contributed by atoms with E-state index in [1.807, 2.05) is 12.1 Å². The SMILES string of the molecule is Cl.Cl.Nc1nnc(CCN2CC=C(c3ccc(Cl)cc3)CC2)s1. The highest BCUT2D eigenvalue weighted by molar-refractivity contribution is 7.15. The van der Waals surface area contributed by atoms with Gasteiger partial charge in [-0.1, -0.05) is 41.1 Å². The minimum absolute atomic E-state index is 0. The molecule has 0 bridgehead atoms. The van der Waals surface area contributed by atoms with Gasteiger partial charge in [0.1, 0.15) is 5.01 Å². The van der Waals surface area contributed by atoms with Crippen molar-refractivity contribution in [1.82, 2.24) is 15.1 Å². The second-order valence-electron chi connectivity index (χ2n) is 5.07. The lowest BCUT2D eigenvalue weighted by molar-refractivity contribution is 0.305. The molecule has 0 atom stereocenters. The van der Waals surface area contributed by atoms with Crippen LogP contribution < -0.4 is 5.73 Å². The molecule has 1 aliphatic rings. The summed E-state index contributed by atoms with van der Waals surface area (Å²) in [4.78, 5) is 2.43. The molecule has 0 radical (unpaired) electrons. The van der Waals surface area contributed by atoms with Gasteiger partial charge in [-0.2, -0.15) is 0 Å². The summed E-state index contributed by atoms with van der Waals surface area (Å²) in [6.45, 7) is 3.05. The summed E-state index contributed by atoms with van der Waals surface area (Å²) < 4.78 is 0. The van der Waals surface area contributed by atoms with Crippen LogP contribution >= 0.6 is 47.8 Å². The fraction of sp³-hybridized carbons (Fsp3) is 0.333. The van der Waals surface area contributed by atoms with Crippen molar-refractivity contribution in [2.75, 3.05) is 25.4 Å². The van der Waals surface area contributed by atoms with Crippen LogP contribution in [0.25, 0.3) is 5.57 Å².